The number of ketones is 1. The number of aryl methyl sites for hydroxylation is 1. The van der Waals surface area contributed by atoms with E-state index in [1.54, 1.807) is 0 Å². The molecule has 3 rings (SSSR count). The van der Waals surface area contributed by atoms with Crippen molar-refractivity contribution in [1.29, 1.82) is 0 Å². The van der Waals surface area contributed by atoms with Crippen molar-refractivity contribution in [3.63, 3.8) is 0 Å². The largest absolute Gasteiger partial charge is 0.508 e. The van der Waals surface area contributed by atoms with E-state index in [1.807, 2.05) is 6.07 Å². The quantitative estimate of drug-likeness (QED) is 0.814. The number of benzene rings is 1. The zero-order valence-corrected chi connectivity index (χ0v) is 14.5. The predicted octanol–water partition coefficient (Wildman–Crippen LogP) is 4.72. The summed E-state index contributed by atoms with van der Waals surface area (Å²) in [4.78, 5) is 12.4. The van der Waals surface area contributed by atoms with Crippen LogP contribution in [0.4, 0.5) is 0 Å². The van der Waals surface area contributed by atoms with Gasteiger partial charge in [0.05, 0.1) is 0 Å². The summed E-state index contributed by atoms with van der Waals surface area (Å²) in [5, 5.41) is 10.5. The summed E-state index contributed by atoms with van der Waals surface area (Å²) >= 11 is 0. The lowest BCUT2D eigenvalue weighted by molar-refractivity contribution is -0.137. The number of hydrogen-bond donors (Lipinski definition) is 1. The normalized spacial score (nSPS) is 30.1. The number of phenols is 1. The van der Waals surface area contributed by atoms with Crippen molar-refractivity contribution in [1.82, 2.24) is 0 Å². The van der Waals surface area contributed by atoms with Crippen molar-refractivity contribution in [3.8, 4) is 5.75 Å². The molecule has 2 aliphatic carbocycles. The zero-order valence-electron chi connectivity index (χ0n) is 14.5. The van der Waals surface area contributed by atoms with Gasteiger partial charge in [0, 0.05) is 11.8 Å². The fourth-order valence-corrected chi connectivity index (χ4v) is 5.02. The minimum atomic E-state index is -0.253. The number of rotatable bonds is 1. The molecule has 2 heteroatoms. The van der Waals surface area contributed by atoms with Gasteiger partial charge in [0.15, 0.2) is 0 Å². The Morgan fingerprint density at radius 3 is 2.50 bits per heavy atom. The van der Waals surface area contributed by atoms with Gasteiger partial charge in [-0.3, -0.25) is 4.79 Å². The molecule has 1 aromatic rings. The van der Waals surface area contributed by atoms with E-state index in [-0.39, 0.29) is 10.8 Å². The van der Waals surface area contributed by atoms with Gasteiger partial charge in [0.25, 0.3) is 0 Å². The molecule has 1 fully saturated rings. The van der Waals surface area contributed by atoms with Crippen molar-refractivity contribution in [2.75, 3.05) is 0 Å². The number of carbonyl (C=O) groups excluding carboxylic acids is 1. The third kappa shape index (κ3) is 2.03. The second-order valence-electron chi connectivity index (χ2n) is 8.38. The lowest BCUT2D eigenvalue weighted by Crippen LogP contribution is -2.52. The predicted molar refractivity (Wildman–Crippen MR) is 89.4 cm³/mol. The maximum Gasteiger partial charge on any atom is 0.138 e. The lowest BCUT2D eigenvalue weighted by Gasteiger charge is -2.53. The highest BCUT2D eigenvalue weighted by Gasteiger charge is 2.53. The number of fused-ring (bicyclic) bond motifs is 3. The van der Waals surface area contributed by atoms with Crippen LogP contribution in [0.1, 0.15) is 76.5 Å². The molecule has 1 saturated carbocycles. The number of hydrogen-bond acceptors (Lipinski definition) is 2. The van der Waals surface area contributed by atoms with Crippen LogP contribution in [0.2, 0.25) is 0 Å². The van der Waals surface area contributed by atoms with Crippen LogP contribution < -0.4 is 0 Å². The fraction of sp³-hybridized carbons (Fsp3) is 0.650. The average Bonchev–Trinajstić information content (AvgIpc) is 2.43. The molecule has 0 amide bonds. The van der Waals surface area contributed by atoms with Crippen LogP contribution in [0.15, 0.2) is 12.1 Å². The lowest BCUT2D eigenvalue weighted by atomic mass is 9.50. The molecule has 0 radical (unpaired) electrons. The first-order valence-corrected chi connectivity index (χ1v) is 8.57. The molecule has 22 heavy (non-hydrogen) atoms. The van der Waals surface area contributed by atoms with E-state index in [9.17, 15) is 9.90 Å². The molecular weight excluding hydrogens is 272 g/mol. The van der Waals surface area contributed by atoms with Gasteiger partial charge in [-0.2, -0.15) is 0 Å². The van der Waals surface area contributed by atoms with Gasteiger partial charge in [0.2, 0.25) is 0 Å². The molecule has 0 unspecified atom stereocenters. The van der Waals surface area contributed by atoms with E-state index in [2.05, 4.69) is 40.7 Å². The van der Waals surface area contributed by atoms with Gasteiger partial charge in [0.1, 0.15) is 11.5 Å². The van der Waals surface area contributed by atoms with E-state index in [1.165, 1.54) is 11.1 Å². The van der Waals surface area contributed by atoms with Crippen molar-refractivity contribution in [3.05, 3.63) is 28.8 Å². The molecule has 0 heterocycles. The summed E-state index contributed by atoms with van der Waals surface area (Å²) in [5.74, 6) is 1.53. The Bertz CT molecular complexity index is 627. The maximum atomic E-state index is 12.4. The highest BCUT2D eigenvalue weighted by molar-refractivity contribution is 5.86. The first kappa shape index (κ1) is 15.6. The van der Waals surface area contributed by atoms with Gasteiger partial charge in [-0.25, -0.2) is 0 Å². The van der Waals surface area contributed by atoms with Gasteiger partial charge in [-0.1, -0.05) is 40.7 Å². The standard InChI is InChI=1S/C20H28O2/c1-12(2)14-10-13-6-7-17-19(3,4)18(22)8-9-20(17,5)15(13)11-16(14)21/h10-12,17,21H,6-9H2,1-5H3/t17-,20+/m0/s1. The van der Waals surface area contributed by atoms with Gasteiger partial charge >= 0.3 is 0 Å². The second-order valence-corrected chi connectivity index (χ2v) is 8.38. The Morgan fingerprint density at radius 1 is 1.18 bits per heavy atom. The molecule has 2 nitrogen and oxygen atoms in total. The van der Waals surface area contributed by atoms with E-state index in [0.29, 0.717) is 29.8 Å². The van der Waals surface area contributed by atoms with Crippen LogP contribution in [-0.4, -0.2) is 10.9 Å². The third-order valence-electron chi connectivity index (χ3n) is 6.42. The number of aromatic hydroxyl groups is 1. The first-order valence-electron chi connectivity index (χ1n) is 8.57. The first-order chi connectivity index (χ1) is 10.2. The second kappa shape index (κ2) is 4.84. The van der Waals surface area contributed by atoms with Gasteiger partial charge < -0.3 is 5.11 Å². The van der Waals surface area contributed by atoms with Crippen LogP contribution in [0.25, 0.3) is 0 Å². The van der Waals surface area contributed by atoms with Crippen molar-refractivity contribution < 1.29 is 9.90 Å². The summed E-state index contributed by atoms with van der Waals surface area (Å²) in [6, 6.07) is 4.21. The van der Waals surface area contributed by atoms with Crippen LogP contribution >= 0.6 is 0 Å². The minimum absolute atomic E-state index is 0.0119. The molecule has 0 saturated heterocycles. The highest BCUT2D eigenvalue weighted by atomic mass is 16.3. The van der Waals surface area contributed by atoms with Crippen molar-refractivity contribution in [2.45, 2.75) is 71.6 Å². The molecule has 120 valence electrons. The Kier molecular flexibility index (Phi) is 3.43. The highest BCUT2D eigenvalue weighted by Crippen LogP contribution is 2.56. The molecule has 2 atom stereocenters. The Labute approximate surface area is 133 Å². The topological polar surface area (TPSA) is 37.3 Å². The summed E-state index contributed by atoms with van der Waals surface area (Å²) in [5.41, 5.74) is 3.47. The zero-order chi connectivity index (χ0) is 16.3. The smallest absolute Gasteiger partial charge is 0.138 e. The van der Waals surface area contributed by atoms with Gasteiger partial charge in [-0.05, 0) is 59.3 Å². The van der Waals surface area contributed by atoms with Gasteiger partial charge in [-0.15, -0.1) is 0 Å². The van der Waals surface area contributed by atoms with Crippen LogP contribution in [0.3, 0.4) is 0 Å². The Hall–Kier alpha value is -1.31. The molecule has 0 aromatic heterocycles. The third-order valence-corrected chi connectivity index (χ3v) is 6.42. The van der Waals surface area contributed by atoms with Crippen molar-refractivity contribution >= 4 is 5.78 Å². The van der Waals surface area contributed by atoms with E-state index < -0.39 is 0 Å². The average molecular weight is 300 g/mol. The minimum Gasteiger partial charge on any atom is -0.508 e. The van der Waals surface area contributed by atoms with Crippen LogP contribution in [0, 0.1) is 11.3 Å². The number of carbonyl (C=O) groups is 1. The SMILES string of the molecule is CC(C)c1cc2c(cc1O)[C@@]1(C)CCC(=O)C(C)(C)[C@@H]1CC2. The van der Waals surface area contributed by atoms with Crippen LogP contribution in [-0.2, 0) is 16.6 Å². The monoisotopic (exact) mass is 300 g/mol. The Morgan fingerprint density at radius 2 is 1.86 bits per heavy atom. The summed E-state index contributed by atoms with van der Waals surface area (Å²) in [7, 11) is 0. The van der Waals surface area contributed by atoms with E-state index in [0.717, 1.165) is 24.8 Å². The molecule has 0 bridgehead atoms. The maximum absolute atomic E-state index is 12.4. The number of Topliss-reactive ketones (excluding diaryl/α,β-unsaturated/α-hetero) is 1. The van der Waals surface area contributed by atoms with Crippen molar-refractivity contribution in [2.24, 2.45) is 11.3 Å². The summed E-state index contributed by atoms with van der Waals surface area (Å²) in [6.07, 6.45) is 3.66. The number of phenolic OH excluding ortho intramolecular Hbond substituents is 1. The molecule has 0 spiro atoms. The fourth-order valence-electron chi connectivity index (χ4n) is 5.02. The van der Waals surface area contributed by atoms with E-state index >= 15 is 0 Å². The molecule has 2 aliphatic rings. The van der Waals surface area contributed by atoms with Crippen LogP contribution in [0.5, 0.6) is 5.75 Å². The molecule has 1 aromatic carbocycles. The summed E-state index contributed by atoms with van der Waals surface area (Å²) < 4.78 is 0. The molecular formula is C20H28O2. The van der Waals surface area contributed by atoms with E-state index in [4.69, 9.17) is 0 Å². The molecule has 0 aliphatic heterocycles. The molecule has 1 N–H and O–H groups in total. The Balaban J connectivity index is 2.13. The summed E-state index contributed by atoms with van der Waals surface area (Å²) in [6.45, 7) is 10.8.